The van der Waals surface area contributed by atoms with Crippen molar-refractivity contribution in [1.82, 2.24) is 0 Å². The Hall–Kier alpha value is -2.37. The van der Waals surface area contributed by atoms with Crippen LogP contribution < -0.4 is 9.47 Å². The van der Waals surface area contributed by atoms with Gasteiger partial charge in [-0.3, -0.25) is 4.79 Å². The Kier molecular flexibility index (Phi) is 8.85. The van der Waals surface area contributed by atoms with Crippen LogP contribution >= 0.6 is 0 Å². The van der Waals surface area contributed by atoms with Gasteiger partial charge in [0.2, 0.25) is 11.6 Å². The summed E-state index contributed by atoms with van der Waals surface area (Å²) in [6.07, 6.45) is 14.5. The lowest BCUT2D eigenvalue weighted by molar-refractivity contribution is -0.147. The Labute approximate surface area is 207 Å². The van der Waals surface area contributed by atoms with Gasteiger partial charge in [-0.2, -0.15) is 8.78 Å². The first kappa shape index (κ1) is 25.7. The lowest BCUT2D eigenvalue weighted by atomic mass is 9.64. The molecule has 192 valence electrons. The SMILES string of the molecule is CCCC1CCC2CC(C(=O)OC3=CC=C(COc4ccc(OCC)c(F)c4F)CC3)CCC2C1. The molecule has 1 aromatic rings. The number of halogens is 2. The van der Waals surface area contributed by atoms with Gasteiger partial charge in [-0.1, -0.05) is 32.3 Å². The van der Waals surface area contributed by atoms with Crippen molar-refractivity contribution in [1.29, 1.82) is 0 Å². The summed E-state index contributed by atoms with van der Waals surface area (Å²) in [7, 11) is 0. The van der Waals surface area contributed by atoms with Gasteiger partial charge in [0.05, 0.1) is 12.5 Å². The molecule has 0 radical (unpaired) electrons. The van der Waals surface area contributed by atoms with E-state index in [1.54, 1.807) is 13.0 Å². The Balaban J connectivity index is 1.25. The molecular weight excluding hydrogens is 450 g/mol. The van der Waals surface area contributed by atoms with E-state index in [0.717, 1.165) is 36.7 Å². The number of fused-ring (bicyclic) bond motifs is 1. The van der Waals surface area contributed by atoms with Gasteiger partial charge in [0.1, 0.15) is 12.4 Å². The average molecular weight is 489 g/mol. The molecule has 1 aromatic carbocycles. The van der Waals surface area contributed by atoms with E-state index < -0.39 is 11.6 Å². The number of ether oxygens (including phenoxy) is 3. The van der Waals surface area contributed by atoms with E-state index in [0.29, 0.717) is 24.5 Å². The number of rotatable bonds is 9. The number of benzene rings is 1. The van der Waals surface area contributed by atoms with E-state index in [9.17, 15) is 13.6 Å². The fourth-order valence-corrected chi connectivity index (χ4v) is 6.01. The van der Waals surface area contributed by atoms with Crippen LogP contribution in [0.2, 0.25) is 0 Å². The highest BCUT2D eigenvalue weighted by Gasteiger charge is 2.38. The summed E-state index contributed by atoms with van der Waals surface area (Å²) in [6, 6.07) is 2.75. The molecule has 4 rings (SSSR count). The molecule has 4 unspecified atom stereocenters. The Morgan fingerprint density at radius 1 is 0.914 bits per heavy atom. The summed E-state index contributed by atoms with van der Waals surface area (Å²) < 4.78 is 44.6. The lowest BCUT2D eigenvalue weighted by Crippen LogP contribution is -2.34. The highest BCUT2D eigenvalue weighted by atomic mass is 19.2. The van der Waals surface area contributed by atoms with E-state index in [-0.39, 0.29) is 36.6 Å². The van der Waals surface area contributed by atoms with Gasteiger partial charge in [0.25, 0.3) is 0 Å². The second-order valence-corrected chi connectivity index (χ2v) is 10.3. The van der Waals surface area contributed by atoms with Gasteiger partial charge in [0, 0.05) is 6.42 Å². The number of carbonyl (C=O) groups is 1. The molecule has 35 heavy (non-hydrogen) atoms. The zero-order valence-electron chi connectivity index (χ0n) is 21.0. The van der Waals surface area contributed by atoms with Crippen LogP contribution in [0.1, 0.15) is 78.1 Å². The summed E-state index contributed by atoms with van der Waals surface area (Å²) in [5, 5.41) is 0. The van der Waals surface area contributed by atoms with E-state index in [4.69, 9.17) is 14.2 Å². The average Bonchev–Trinajstić information content (AvgIpc) is 2.87. The van der Waals surface area contributed by atoms with Crippen molar-refractivity contribution >= 4 is 5.97 Å². The number of carbonyl (C=O) groups excluding carboxylic acids is 1. The van der Waals surface area contributed by atoms with Crippen molar-refractivity contribution < 1.29 is 27.8 Å². The molecule has 0 amide bonds. The molecule has 3 aliphatic rings. The van der Waals surface area contributed by atoms with E-state index in [2.05, 4.69) is 6.92 Å². The van der Waals surface area contributed by atoms with Crippen LogP contribution in [0.15, 0.2) is 35.6 Å². The molecule has 0 bridgehead atoms. The molecule has 2 fully saturated rings. The van der Waals surface area contributed by atoms with Crippen LogP contribution in [0.3, 0.4) is 0 Å². The van der Waals surface area contributed by atoms with E-state index in [1.165, 1.54) is 44.2 Å². The Morgan fingerprint density at radius 2 is 1.63 bits per heavy atom. The fourth-order valence-electron chi connectivity index (χ4n) is 6.01. The standard InChI is InChI=1S/C29H38F2O4/c1-3-5-19-6-9-22-17-23(11-10-21(22)16-19)29(32)35-24-12-7-20(8-13-24)18-34-26-15-14-25(33-4-2)27(30)28(26)31/h7,12,14-15,19,21-23H,3-6,8-11,13,16-18H2,1-2H3. The summed E-state index contributed by atoms with van der Waals surface area (Å²) in [5.74, 6) is 0.567. The monoisotopic (exact) mass is 488 g/mol. The minimum atomic E-state index is -1.05. The van der Waals surface area contributed by atoms with Crippen LogP contribution in [0.25, 0.3) is 0 Å². The smallest absolute Gasteiger partial charge is 0.314 e. The molecule has 0 N–H and O–H groups in total. The van der Waals surface area contributed by atoms with Gasteiger partial charge in [-0.05, 0) is 87.0 Å². The van der Waals surface area contributed by atoms with E-state index >= 15 is 0 Å². The Bertz CT molecular complexity index is 954. The largest absolute Gasteiger partial charge is 0.491 e. The van der Waals surface area contributed by atoms with Gasteiger partial charge < -0.3 is 14.2 Å². The predicted molar refractivity (Wildman–Crippen MR) is 131 cm³/mol. The quantitative estimate of drug-likeness (QED) is 0.337. The van der Waals surface area contributed by atoms with Crippen molar-refractivity contribution in [2.24, 2.45) is 23.7 Å². The topological polar surface area (TPSA) is 44.8 Å². The van der Waals surface area contributed by atoms with Gasteiger partial charge in [0.15, 0.2) is 11.5 Å². The summed E-state index contributed by atoms with van der Waals surface area (Å²) >= 11 is 0. The third kappa shape index (κ3) is 6.45. The number of allylic oxidation sites excluding steroid dienone is 3. The maximum absolute atomic E-state index is 14.2. The molecule has 0 aliphatic heterocycles. The van der Waals surface area contributed by atoms with Crippen LogP contribution in [0.5, 0.6) is 11.5 Å². The molecule has 0 heterocycles. The third-order valence-electron chi connectivity index (χ3n) is 7.91. The molecule has 0 spiro atoms. The zero-order valence-corrected chi connectivity index (χ0v) is 21.0. The number of hydrogen-bond donors (Lipinski definition) is 0. The number of esters is 1. The molecule has 0 aromatic heterocycles. The molecule has 3 aliphatic carbocycles. The summed E-state index contributed by atoms with van der Waals surface area (Å²) in [4.78, 5) is 12.8. The molecule has 2 saturated carbocycles. The molecule has 4 nitrogen and oxygen atoms in total. The normalized spacial score (nSPS) is 26.3. The third-order valence-corrected chi connectivity index (χ3v) is 7.91. The summed E-state index contributed by atoms with van der Waals surface area (Å²) in [6.45, 7) is 4.38. The minimum absolute atomic E-state index is 0.00566. The maximum atomic E-state index is 14.2. The van der Waals surface area contributed by atoms with Crippen LogP contribution in [0, 0.1) is 35.3 Å². The van der Waals surface area contributed by atoms with Crippen molar-refractivity contribution in [3.63, 3.8) is 0 Å². The van der Waals surface area contributed by atoms with Crippen molar-refractivity contribution in [3.05, 3.63) is 47.3 Å². The van der Waals surface area contributed by atoms with Crippen LogP contribution in [0.4, 0.5) is 8.78 Å². The first-order valence-electron chi connectivity index (χ1n) is 13.3. The van der Waals surface area contributed by atoms with Crippen molar-refractivity contribution in [2.45, 2.75) is 78.1 Å². The molecular formula is C29H38F2O4. The second kappa shape index (κ2) is 12.0. The lowest BCUT2D eigenvalue weighted by Gasteiger charge is -2.41. The minimum Gasteiger partial charge on any atom is -0.491 e. The van der Waals surface area contributed by atoms with Gasteiger partial charge in [-0.15, -0.1) is 0 Å². The predicted octanol–water partition coefficient (Wildman–Crippen LogP) is 7.52. The highest BCUT2D eigenvalue weighted by Crippen LogP contribution is 2.46. The fraction of sp³-hybridized carbons (Fsp3) is 0.621. The van der Waals surface area contributed by atoms with Gasteiger partial charge in [-0.25, -0.2) is 0 Å². The zero-order chi connectivity index (χ0) is 24.8. The highest BCUT2D eigenvalue weighted by molar-refractivity contribution is 5.73. The maximum Gasteiger partial charge on any atom is 0.314 e. The molecule has 4 atom stereocenters. The number of hydrogen-bond acceptors (Lipinski definition) is 4. The Morgan fingerprint density at radius 3 is 2.31 bits per heavy atom. The van der Waals surface area contributed by atoms with E-state index in [1.807, 2.05) is 6.08 Å². The molecule has 6 heteroatoms. The summed E-state index contributed by atoms with van der Waals surface area (Å²) in [5.41, 5.74) is 0.933. The molecule has 0 saturated heterocycles. The van der Waals surface area contributed by atoms with Gasteiger partial charge >= 0.3 is 5.97 Å². The van der Waals surface area contributed by atoms with Crippen molar-refractivity contribution in [3.8, 4) is 11.5 Å². The van der Waals surface area contributed by atoms with Crippen molar-refractivity contribution in [2.75, 3.05) is 13.2 Å². The first-order valence-corrected chi connectivity index (χ1v) is 13.3. The second-order valence-electron chi connectivity index (χ2n) is 10.3. The van der Waals surface area contributed by atoms with Crippen LogP contribution in [-0.2, 0) is 9.53 Å². The first-order chi connectivity index (χ1) is 17.0. The van der Waals surface area contributed by atoms with Crippen LogP contribution in [-0.4, -0.2) is 19.2 Å².